The third-order valence-corrected chi connectivity index (χ3v) is 3.46. The lowest BCUT2D eigenvalue weighted by Crippen LogP contribution is -2.17. The maximum atomic E-state index is 11.0. The van der Waals surface area contributed by atoms with E-state index in [-0.39, 0.29) is 0 Å². The zero-order valence-electron chi connectivity index (χ0n) is 10.9. The monoisotopic (exact) mass is 220 g/mol. The van der Waals surface area contributed by atoms with Crippen LogP contribution in [-0.2, 0) is 4.79 Å². The van der Waals surface area contributed by atoms with Crippen molar-refractivity contribution >= 4 is 5.78 Å². The Morgan fingerprint density at radius 1 is 1.25 bits per heavy atom. The van der Waals surface area contributed by atoms with E-state index in [1.54, 1.807) is 0 Å². The molecule has 1 fully saturated rings. The number of ketones is 1. The van der Waals surface area contributed by atoms with Crippen LogP contribution >= 0.6 is 0 Å². The molecule has 1 atom stereocenters. The maximum Gasteiger partial charge on any atom is 0.155 e. The van der Waals surface area contributed by atoms with Crippen molar-refractivity contribution in [2.75, 3.05) is 0 Å². The van der Waals surface area contributed by atoms with Crippen LogP contribution in [0.25, 0.3) is 0 Å². The smallest absolute Gasteiger partial charge is 0.155 e. The van der Waals surface area contributed by atoms with E-state index in [4.69, 9.17) is 0 Å². The Balaban J connectivity index is 0.000000221. The fraction of sp³-hybridized carbons (Fsp3) is 0.667. The van der Waals surface area contributed by atoms with Gasteiger partial charge in [-0.3, -0.25) is 4.79 Å². The van der Waals surface area contributed by atoms with Crippen molar-refractivity contribution < 1.29 is 4.79 Å². The first kappa shape index (κ1) is 13.2. The van der Waals surface area contributed by atoms with Gasteiger partial charge in [0.2, 0.25) is 0 Å². The van der Waals surface area contributed by atoms with Gasteiger partial charge in [0.05, 0.1) is 0 Å². The fourth-order valence-corrected chi connectivity index (χ4v) is 2.22. The normalized spacial score (nSPS) is 23.6. The summed E-state index contributed by atoms with van der Waals surface area (Å²) < 4.78 is 0. The van der Waals surface area contributed by atoms with Crippen molar-refractivity contribution in [1.82, 2.24) is 0 Å². The van der Waals surface area contributed by atoms with Gasteiger partial charge in [0, 0.05) is 6.42 Å². The molecule has 2 aliphatic carbocycles. The van der Waals surface area contributed by atoms with Crippen LogP contribution in [0.3, 0.4) is 0 Å². The van der Waals surface area contributed by atoms with Gasteiger partial charge in [-0.25, -0.2) is 0 Å². The van der Waals surface area contributed by atoms with Crippen molar-refractivity contribution in [1.29, 1.82) is 0 Å². The first-order valence-electron chi connectivity index (χ1n) is 6.46. The van der Waals surface area contributed by atoms with E-state index in [0.29, 0.717) is 5.78 Å². The third kappa shape index (κ3) is 4.34. The van der Waals surface area contributed by atoms with E-state index in [0.717, 1.165) is 18.8 Å². The van der Waals surface area contributed by atoms with E-state index in [9.17, 15) is 4.79 Å². The minimum atomic E-state index is 0.359. The average molecular weight is 220 g/mol. The summed E-state index contributed by atoms with van der Waals surface area (Å²) in [5.41, 5.74) is 2.83. The van der Waals surface area contributed by atoms with Crippen molar-refractivity contribution in [2.24, 2.45) is 5.92 Å². The molecule has 1 unspecified atom stereocenters. The maximum absolute atomic E-state index is 11.0. The molecule has 0 aromatic rings. The quantitative estimate of drug-likeness (QED) is 0.552. The van der Waals surface area contributed by atoms with Crippen molar-refractivity contribution in [2.45, 2.75) is 59.3 Å². The van der Waals surface area contributed by atoms with Gasteiger partial charge in [0.15, 0.2) is 5.78 Å². The van der Waals surface area contributed by atoms with Crippen LogP contribution in [0.2, 0.25) is 0 Å². The molecule has 0 radical (unpaired) electrons. The molecule has 0 spiro atoms. The average Bonchev–Trinajstić information content (AvgIpc) is 2.29. The largest absolute Gasteiger partial charge is 0.295 e. The van der Waals surface area contributed by atoms with E-state index in [2.05, 4.69) is 19.9 Å². The Kier molecular flexibility index (Phi) is 5.51. The fourth-order valence-electron chi connectivity index (χ4n) is 2.22. The van der Waals surface area contributed by atoms with Crippen LogP contribution in [0, 0.1) is 5.92 Å². The molecule has 1 heteroatoms. The molecule has 0 heterocycles. The van der Waals surface area contributed by atoms with Crippen molar-refractivity contribution in [3.8, 4) is 0 Å². The van der Waals surface area contributed by atoms with E-state index in [1.165, 1.54) is 36.8 Å². The Morgan fingerprint density at radius 3 is 2.56 bits per heavy atom. The first-order valence-corrected chi connectivity index (χ1v) is 6.46. The summed E-state index contributed by atoms with van der Waals surface area (Å²) >= 11 is 0. The number of rotatable bonds is 0. The summed E-state index contributed by atoms with van der Waals surface area (Å²) in [5.74, 6) is 1.14. The van der Waals surface area contributed by atoms with E-state index < -0.39 is 0 Å². The molecule has 1 saturated carbocycles. The van der Waals surface area contributed by atoms with Gasteiger partial charge in [-0.05, 0) is 58.4 Å². The second-order valence-electron chi connectivity index (χ2n) is 5.03. The van der Waals surface area contributed by atoms with E-state index >= 15 is 0 Å². The van der Waals surface area contributed by atoms with Crippen molar-refractivity contribution in [3.05, 3.63) is 23.3 Å². The Labute approximate surface area is 99.6 Å². The molecule has 16 heavy (non-hydrogen) atoms. The van der Waals surface area contributed by atoms with Crippen LogP contribution in [0.15, 0.2) is 23.3 Å². The molecule has 90 valence electrons. The van der Waals surface area contributed by atoms with Gasteiger partial charge in [-0.2, -0.15) is 0 Å². The van der Waals surface area contributed by atoms with Crippen LogP contribution in [0.4, 0.5) is 0 Å². The Bertz CT molecular complexity index is 293. The molecule has 0 aromatic carbocycles. The lowest BCUT2D eigenvalue weighted by Gasteiger charge is -2.27. The van der Waals surface area contributed by atoms with Crippen LogP contribution < -0.4 is 0 Å². The summed E-state index contributed by atoms with van der Waals surface area (Å²) in [5, 5.41) is 0. The molecule has 1 nitrogen and oxygen atoms in total. The molecule has 2 aliphatic rings. The second-order valence-corrected chi connectivity index (χ2v) is 5.03. The summed E-state index contributed by atoms with van der Waals surface area (Å²) in [6, 6.07) is 0. The highest BCUT2D eigenvalue weighted by Crippen LogP contribution is 2.35. The standard InChI is InChI=1S/C10H14O.C5H10/c11-10-6-5-8-3-1-2-4-9(8)7-10;1-4-5(2)3/h7-8H,1-6H2;4H,1-3H3. The number of hydrogen-bond donors (Lipinski definition) is 0. The lowest BCUT2D eigenvalue weighted by molar-refractivity contribution is -0.115. The Morgan fingerprint density at radius 2 is 1.94 bits per heavy atom. The lowest BCUT2D eigenvalue weighted by atomic mass is 9.77. The van der Waals surface area contributed by atoms with Gasteiger partial charge in [-0.1, -0.05) is 23.6 Å². The highest BCUT2D eigenvalue weighted by Gasteiger charge is 2.23. The minimum absolute atomic E-state index is 0.359. The molecule has 0 N–H and O–H groups in total. The Hall–Kier alpha value is -0.850. The van der Waals surface area contributed by atoms with Crippen LogP contribution in [0.5, 0.6) is 0 Å². The van der Waals surface area contributed by atoms with Gasteiger partial charge in [0.1, 0.15) is 0 Å². The summed E-state index contributed by atoms with van der Waals surface area (Å²) in [6.07, 6.45) is 11.1. The van der Waals surface area contributed by atoms with E-state index in [1.807, 2.05) is 13.0 Å². The summed E-state index contributed by atoms with van der Waals surface area (Å²) in [7, 11) is 0. The molecular weight excluding hydrogens is 196 g/mol. The number of fused-ring (bicyclic) bond motifs is 1. The molecule has 0 aliphatic heterocycles. The predicted octanol–water partition coefficient (Wildman–Crippen LogP) is 4.44. The van der Waals surface area contributed by atoms with Gasteiger partial charge >= 0.3 is 0 Å². The van der Waals surface area contributed by atoms with Gasteiger partial charge in [0.25, 0.3) is 0 Å². The number of allylic oxidation sites excluding steroid dienone is 4. The second kappa shape index (κ2) is 6.67. The predicted molar refractivity (Wildman–Crippen MR) is 69.4 cm³/mol. The third-order valence-electron chi connectivity index (χ3n) is 3.46. The SMILES string of the molecule is CC=C(C)C.O=C1C=C2CCCCC2CC1. The zero-order valence-corrected chi connectivity index (χ0v) is 10.9. The number of carbonyl (C=O) groups excluding carboxylic acids is 1. The van der Waals surface area contributed by atoms with Crippen LogP contribution in [-0.4, -0.2) is 5.78 Å². The highest BCUT2D eigenvalue weighted by molar-refractivity contribution is 5.91. The molecule has 0 amide bonds. The molecule has 0 saturated heterocycles. The van der Waals surface area contributed by atoms with Crippen LogP contribution in [0.1, 0.15) is 59.3 Å². The zero-order chi connectivity index (χ0) is 12.0. The molecule has 0 aromatic heterocycles. The minimum Gasteiger partial charge on any atom is -0.295 e. The van der Waals surface area contributed by atoms with Gasteiger partial charge < -0.3 is 0 Å². The van der Waals surface area contributed by atoms with Crippen molar-refractivity contribution in [3.63, 3.8) is 0 Å². The first-order chi connectivity index (χ1) is 7.63. The molecule has 2 rings (SSSR count). The summed E-state index contributed by atoms with van der Waals surface area (Å²) in [4.78, 5) is 11.0. The van der Waals surface area contributed by atoms with Gasteiger partial charge in [-0.15, -0.1) is 0 Å². The molecular formula is C15H24O. The topological polar surface area (TPSA) is 17.1 Å². The molecule has 0 bridgehead atoms. The summed E-state index contributed by atoms with van der Waals surface area (Å²) in [6.45, 7) is 6.20. The number of carbonyl (C=O) groups is 1. The highest BCUT2D eigenvalue weighted by atomic mass is 16.1. The number of hydrogen-bond acceptors (Lipinski definition) is 1.